The number of carbonyl (C=O) groups is 3. The molecule has 3 aromatic rings. The number of nitrogens with one attached hydrogen (secondary N) is 2. The van der Waals surface area contributed by atoms with E-state index in [9.17, 15) is 14.4 Å². The van der Waals surface area contributed by atoms with Crippen molar-refractivity contribution < 1.29 is 23.9 Å². The molecule has 0 aliphatic heterocycles. The van der Waals surface area contributed by atoms with Gasteiger partial charge >= 0.3 is 5.97 Å². The molecular formula is C24H24N2O5. The van der Waals surface area contributed by atoms with Crippen molar-refractivity contribution in [3.8, 4) is 5.75 Å². The van der Waals surface area contributed by atoms with Crippen LogP contribution in [0.3, 0.4) is 0 Å². The van der Waals surface area contributed by atoms with Gasteiger partial charge in [0.05, 0.1) is 6.54 Å². The molecule has 0 radical (unpaired) electrons. The van der Waals surface area contributed by atoms with Gasteiger partial charge in [0.2, 0.25) is 5.91 Å². The predicted octanol–water partition coefficient (Wildman–Crippen LogP) is 3.08. The van der Waals surface area contributed by atoms with E-state index < -0.39 is 18.5 Å². The second-order valence-electron chi connectivity index (χ2n) is 6.79. The van der Waals surface area contributed by atoms with Gasteiger partial charge < -0.3 is 20.1 Å². The van der Waals surface area contributed by atoms with Gasteiger partial charge in [0.15, 0.2) is 13.2 Å². The number of rotatable bonds is 9. The Morgan fingerprint density at radius 1 is 0.839 bits per heavy atom. The SMILES string of the molecule is CCc1ccccc1NC(=O)CNC(=O)COC(=O)COc1ccc2ccccc2c1. The number of esters is 1. The second-order valence-corrected chi connectivity index (χ2v) is 6.79. The number of fused-ring (bicyclic) bond motifs is 1. The number of carbonyl (C=O) groups excluding carboxylic acids is 3. The summed E-state index contributed by atoms with van der Waals surface area (Å²) in [4.78, 5) is 35.7. The van der Waals surface area contributed by atoms with Crippen LogP contribution in [0.4, 0.5) is 5.69 Å². The van der Waals surface area contributed by atoms with Crippen molar-refractivity contribution >= 4 is 34.2 Å². The highest BCUT2D eigenvalue weighted by Gasteiger charge is 2.11. The Bertz CT molecular complexity index is 1080. The number of ether oxygens (including phenoxy) is 2. The van der Waals surface area contributed by atoms with Crippen LogP contribution in [0.25, 0.3) is 10.8 Å². The quantitative estimate of drug-likeness (QED) is 0.519. The standard InChI is InChI=1S/C24H24N2O5/c1-2-17-7-5-6-10-21(17)26-22(27)14-25-23(28)15-31-24(29)16-30-20-12-11-18-8-3-4-9-19(18)13-20/h3-13H,2,14-16H2,1H3,(H,25,28)(H,26,27). The van der Waals surface area contributed by atoms with Crippen LogP contribution in [0.1, 0.15) is 12.5 Å². The molecule has 160 valence electrons. The van der Waals surface area contributed by atoms with Crippen LogP contribution in [-0.4, -0.2) is 37.5 Å². The van der Waals surface area contributed by atoms with E-state index in [0.29, 0.717) is 11.4 Å². The maximum absolute atomic E-state index is 12.0. The topological polar surface area (TPSA) is 93.7 Å². The Balaban J connectivity index is 1.36. The molecule has 0 aromatic heterocycles. The molecular weight excluding hydrogens is 396 g/mol. The van der Waals surface area contributed by atoms with Gasteiger partial charge in [-0.15, -0.1) is 0 Å². The third-order valence-electron chi connectivity index (χ3n) is 4.56. The summed E-state index contributed by atoms with van der Waals surface area (Å²) in [5.74, 6) is -1.08. The predicted molar refractivity (Wildman–Crippen MR) is 118 cm³/mol. The summed E-state index contributed by atoms with van der Waals surface area (Å²) in [6.45, 7) is 0.964. The van der Waals surface area contributed by atoms with Crippen LogP contribution in [0.5, 0.6) is 5.75 Å². The first-order valence-corrected chi connectivity index (χ1v) is 9.97. The maximum Gasteiger partial charge on any atom is 0.344 e. The molecule has 0 fully saturated rings. The van der Waals surface area contributed by atoms with Crippen molar-refractivity contribution in [3.63, 3.8) is 0 Å². The number of para-hydroxylation sites is 1. The minimum atomic E-state index is -0.676. The van der Waals surface area contributed by atoms with Crippen LogP contribution in [0, 0.1) is 0 Å². The largest absolute Gasteiger partial charge is 0.482 e. The fourth-order valence-electron chi connectivity index (χ4n) is 2.96. The molecule has 0 saturated heterocycles. The van der Waals surface area contributed by atoms with Crippen LogP contribution in [0.2, 0.25) is 0 Å². The molecule has 0 aliphatic carbocycles. The first-order chi connectivity index (χ1) is 15.0. The van der Waals surface area contributed by atoms with E-state index >= 15 is 0 Å². The van der Waals surface area contributed by atoms with Gasteiger partial charge in [0.1, 0.15) is 5.75 Å². The lowest BCUT2D eigenvalue weighted by Crippen LogP contribution is -2.36. The fraction of sp³-hybridized carbons (Fsp3) is 0.208. The lowest BCUT2D eigenvalue weighted by Gasteiger charge is -2.11. The lowest BCUT2D eigenvalue weighted by atomic mass is 10.1. The summed E-state index contributed by atoms with van der Waals surface area (Å²) >= 11 is 0. The Hall–Kier alpha value is -3.87. The van der Waals surface area contributed by atoms with Crippen molar-refractivity contribution in [3.05, 3.63) is 72.3 Å². The Kier molecular flexibility index (Phi) is 7.59. The molecule has 0 saturated carbocycles. The number of hydrogen-bond donors (Lipinski definition) is 2. The highest BCUT2D eigenvalue weighted by Crippen LogP contribution is 2.20. The minimum absolute atomic E-state index is 0.220. The van der Waals surface area contributed by atoms with Gasteiger partial charge in [-0.1, -0.05) is 55.5 Å². The summed E-state index contributed by atoms with van der Waals surface area (Å²) in [5.41, 5.74) is 1.71. The fourth-order valence-corrected chi connectivity index (χ4v) is 2.96. The zero-order valence-corrected chi connectivity index (χ0v) is 17.2. The third kappa shape index (κ3) is 6.57. The van der Waals surface area contributed by atoms with Crippen LogP contribution < -0.4 is 15.4 Å². The summed E-state index contributed by atoms with van der Waals surface area (Å²) in [6, 6.07) is 20.7. The summed E-state index contributed by atoms with van der Waals surface area (Å²) < 4.78 is 10.3. The Labute approximate surface area is 180 Å². The maximum atomic E-state index is 12.0. The summed E-state index contributed by atoms with van der Waals surface area (Å²) in [6.07, 6.45) is 0.778. The molecule has 0 aliphatic rings. The molecule has 31 heavy (non-hydrogen) atoms. The monoisotopic (exact) mass is 420 g/mol. The van der Waals surface area contributed by atoms with E-state index in [0.717, 1.165) is 22.8 Å². The summed E-state index contributed by atoms with van der Waals surface area (Å²) in [5, 5.41) is 7.23. The third-order valence-corrected chi connectivity index (χ3v) is 4.56. The number of amides is 2. The summed E-state index contributed by atoms with van der Waals surface area (Å²) in [7, 11) is 0. The van der Waals surface area contributed by atoms with Crippen molar-refractivity contribution in [2.45, 2.75) is 13.3 Å². The lowest BCUT2D eigenvalue weighted by molar-refractivity contribution is -0.150. The molecule has 0 spiro atoms. The van der Waals surface area contributed by atoms with E-state index in [4.69, 9.17) is 9.47 Å². The average molecular weight is 420 g/mol. The minimum Gasteiger partial charge on any atom is -0.482 e. The van der Waals surface area contributed by atoms with E-state index in [1.165, 1.54) is 0 Å². The smallest absolute Gasteiger partial charge is 0.344 e. The molecule has 2 amide bonds. The molecule has 0 atom stereocenters. The van der Waals surface area contributed by atoms with E-state index in [1.54, 1.807) is 12.1 Å². The number of benzene rings is 3. The van der Waals surface area contributed by atoms with Gasteiger partial charge in [-0.25, -0.2) is 4.79 Å². The van der Waals surface area contributed by atoms with Crippen molar-refractivity contribution in [1.29, 1.82) is 0 Å². The number of hydrogen-bond acceptors (Lipinski definition) is 5. The number of anilines is 1. The molecule has 0 bridgehead atoms. The van der Waals surface area contributed by atoms with Gasteiger partial charge in [-0.3, -0.25) is 9.59 Å². The highest BCUT2D eigenvalue weighted by atomic mass is 16.6. The number of aryl methyl sites for hydroxylation is 1. The van der Waals surface area contributed by atoms with Crippen LogP contribution in [-0.2, 0) is 25.5 Å². The molecule has 3 aromatic carbocycles. The first-order valence-electron chi connectivity index (χ1n) is 9.97. The van der Waals surface area contributed by atoms with E-state index in [2.05, 4.69) is 10.6 Å². The molecule has 3 rings (SSSR count). The molecule has 0 heterocycles. The second kappa shape index (κ2) is 10.8. The zero-order valence-electron chi connectivity index (χ0n) is 17.2. The Morgan fingerprint density at radius 3 is 2.39 bits per heavy atom. The average Bonchev–Trinajstić information content (AvgIpc) is 2.80. The van der Waals surface area contributed by atoms with E-state index in [-0.39, 0.29) is 19.1 Å². The van der Waals surface area contributed by atoms with Crippen molar-refractivity contribution in [2.24, 2.45) is 0 Å². The van der Waals surface area contributed by atoms with Crippen LogP contribution >= 0.6 is 0 Å². The van der Waals surface area contributed by atoms with Gasteiger partial charge in [-0.05, 0) is 41.0 Å². The normalized spacial score (nSPS) is 10.4. The first kappa shape index (κ1) is 21.8. The highest BCUT2D eigenvalue weighted by molar-refractivity contribution is 5.95. The Morgan fingerprint density at radius 2 is 1.58 bits per heavy atom. The molecule has 0 unspecified atom stereocenters. The van der Waals surface area contributed by atoms with Crippen molar-refractivity contribution in [1.82, 2.24) is 5.32 Å². The van der Waals surface area contributed by atoms with Crippen LogP contribution in [0.15, 0.2) is 66.7 Å². The van der Waals surface area contributed by atoms with Gasteiger partial charge in [0, 0.05) is 5.69 Å². The van der Waals surface area contributed by atoms with Gasteiger partial charge in [0.25, 0.3) is 5.91 Å². The molecule has 7 nitrogen and oxygen atoms in total. The van der Waals surface area contributed by atoms with E-state index in [1.807, 2.05) is 61.5 Å². The molecule has 2 N–H and O–H groups in total. The van der Waals surface area contributed by atoms with Gasteiger partial charge in [-0.2, -0.15) is 0 Å². The molecule has 7 heteroatoms. The zero-order chi connectivity index (χ0) is 22.1. The van der Waals surface area contributed by atoms with Crippen molar-refractivity contribution in [2.75, 3.05) is 25.1 Å².